The number of hydrogen-bond acceptors (Lipinski definition) is 6. The standard InChI is InChI=1S/C21H23FN6O/c22-16-10-15(19(24)29)20(28-21(16)27-18-4-2-1-3-17(18)23)26-14-6-5-12-7-8-25-11-13(12)9-14/h5-11,17-18H,1-4,23H2,(H2,24,29)(H2,26,27,28). The fourth-order valence-electron chi connectivity index (χ4n) is 3.69. The molecule has 6 N–H and O–H groups in total. The second kappa shape index (κ2) is 8.00. The molecule has 29 heavy (non-hydrogen) atoms. The van der Waals surface area contributed by atoms with Gasteiger partial charge in [0, 0.05) is 35.6 Å². The third kappa shape index (κ3) is 4.12. The van der Waals surface area contributed by atoms with E-state index in [-0.39, 0.29) is 29.3 Å². The molecular formula is C21H23FN6O. The number of aromatic nitrogens is 2. The van der Waals surface area contributed by atoms with Crippen molar-refractivity contribution in [3.8, 4) is 0 Å². The molecule has 0 aliphatic heterocycles. The zero-order valence-electron chi connectivity index (χ0n) is 15.9. The Hall–Kier alpha value is -3.26. The quantitative estimate of drug-likeness (QED) is 0.527. The van der Waals surface area contributed by atoms with Gasteiger partial charge in [0.1, 0.15) is 5.82 Å². The number of rotatable bonds is 5. The van der Waals surface area contributed by atoms with Crippen molar-refractivity contribution in [1.29, 1.82) is 0 Å². The number of hydrogen-bond donors (Lipinski definition) is 4. The minimum absolute atomic E-state index is 0.0210. The predicted octanol–water partition coefficient (Wildman–Crippen LogP) is 3.29. The van der Waals surface area contributed by atoms with E-state index in [0.717, 1.165) is 42.5 Å². The zero-order chi connectivity index (χ0) is 20.4. The first-order valence-electron chi connectivity index (χ1n) is 9.64. The molecule has 1 saturated carbocycles. The summed E-state index contributed by atoms with van der Waals surface area (Å²) in [4.78, 5) is 20.3. The highest BCUT2D eigenvalue weighted by Crippen LogP contribution is 2.27. The molecule has 1 amide bonds. The van der Waals surface area contributed by atoms with E-state index in [1.54, 1.807) is 12.4 Å². The molecular weight excluding hydrogens is 371 g/mol. The van der Waals surface area contributed by atoms with E-state index in [0.29, 0.717) is 5.69 Å². The number of carbonyl (C=O) groups is 1. The average Bonchev–Trinajstić information content (AvgIpc) is 2.71. The predicted molar refractivity (Wildman–Crippen MR) is 112 cm³/mol. The zero-order valence-corrected chi connectivity index (χ0v) is 15.9. The number of nitrogens with zero attached hydrogens (tertiary/aromatic N) is 2. The maximum Gasteiger partial charge on any atom is 0.252 e. The summed E-state index contributed by atoms with van der Waals surface area (Å²) < 4.78 is 14.6. The second-order valence-corrected chi connectivity index (χ2v) is 7.34. The summed E-state index contributed by atoms with van der Waals surface area (Å²) in [5.74, 6) is -1.15. The molecule has 2 heterocycles. The number of nitrogens with two attached hydrogens (primary N) is 2. The van der Waals surface area contributed by atoms with Crippen LogP contribution in [0.1, 0.15) is 36.0 Å². The van der Waals surface area contributed by atoms with Crippen molar-refractivity contribution in [2.24, 2.45) is 11.5 Å². The smallest absolute Gasteiger partial charge is 0.252 e. The molecule has 0 bridgehead atoms. The van der Waals surface area contributed by atoms with E-state index in [1.165, 1.54) is 0 Å². The maximum atomic E-state index is 14.6. The van der Waals surface area contributed by atoms with Gasteiger partial charge in [-0.3, -0.25) is 9.78 Å². The van der Waals surface area contributed by atoms with E-state index in [9.17, 15) is 9.18 Å². The fourth-order valence-corrected chi connectivity index (χ4v) is 3.69. The number of benzene rings is 1. The van der Waals surface area contributed by atoms with Crippen molar-refractivity contribution in [3.63, 3.8) is 0 Å². The number of halogens is 1. The van der Waals surface area contributed by atoms with Gasteiger partial charge in [-0.05, 0) is 42.5 Å². The lowest BCUT2D eigenvalue weighted by molar-refractivity contribution is 0.100. The second-order valence-electron chi connectivity index (χ2n) is 7.34. The Morgan fingerprint density at radius 2 is 1.93 bits per heavy atom. The van der Waals surface area contributed by atoms with Crippen LogP contribution < -0.4 is 22.1 Å². The van der Waals surface area contributed by atoms with Gasteiger partial charge in [0.2, 0.25) is 0 Å². The Bertz CT molecular complexity index is 1060. The Morgan fingerprint density at radius 1 is 1.10 bits per heavy atom. The van der Waals surface area contributed by atoms with Crippen molar-refractivity contribution in [2.75, 3.05) is 10.6 Å². The Balaban J connectivity index is 1.67. The van der Waals surface area contributed by atoms with E-state index in [4.69, 9.17) is 11.5 Å². The van der Waals surface area contributed by atoms with Crippen LogP contribution in [0.15, 0.2) is 42.7 Å². The van der Waals surface area contributed by atoms with Gasteiger partial charge in [-0.1, -0.05) is 18.9 Å². The molecule has 3 aromatic rings. The van der Waals surface area contributed by atoms with Gasteiger partial charge in [-0.15, -0.1) is 0 Å². The SMILES string of the molecule is NC(=O)c1cc(F)c(NC2CCCCC2N)nc1Nc1ccc2ccncc2c1. The van der Waals surface area contributed by atoms with Gasteiger partial charge in [0.25, 0.3) is 5.91 Å². The number of primary amides is 1. The van der Waals surface area contributed by atoms with Crippen LogP contribution in [0.4, 0.5) is 21.7 Å². The van der Waals surface area contributed by atoms with Crippen LogP contribution in [0.2, 0.25) is 0 Å². The number of anilines is 3. The molecule has 2 unspecified atom stereocenters. The molecule has 7 nitrogen and oxygen atoms in total. The van der Waals surface area contributed by atoms with Gasteiger partial charge in [-0.2, -0.15) is 0 Å². The monoisotopic (exact) mass is 394 g/mol. The van der Waals surface area contributed by atoms with Gasteiger partial charge in [0.05, 0.1) is 5.56 Å². The highest BCUT2D eigenvalue weighted by atomic mass is 19.1. The number of carbonyl (C=O) groups excluding carboxylic acids is 1. The molecule has 2 aromatic heterocycles. The molecule has 4 rings (SSSR count). The molecule has 1 aliphatic carbocycles. The van der Waals surface area contributed by atoms with Crippen molar-refractivity contribution >= 4 is 34.0 Å². The molecule has 1 fully saturated rings. The topological polar surface area (TPSA) is 119 Å². The first kappa shape index (κ1) is 19.1. The number of pyridine rings is 2. The Kier molecular flexibility index (Phi) is 5.26. The summed E-state index contributed by atoms with van der Waals surface area (Å²) >= 11 is 0. The summed E-state index contributed by atoms with van der Waals surface area (Å²) in [6.07, 6.45) is 7.29. The van der Waals surface area contributed by atoms with Crippen molar-refractivity contribution in [1.82, 2.24) is 9.97 Å². The van der Waals surface area contributed by atoms with E-state index >= 15 is 0 Å². The highest BCUT2D eigenvalue weighted by molar-refractivity contribution is 5.99. The minimum atomic E-state index is -0.762. The van der Waals surface area contributed by atoms with Gasteiger partial charge in [0.15, 0.2) is 11.6 Å². The van der Waals surface area contributed by atoms with Crippen molar-refractivity contribution in [2.45, 2.75) is 37.8 Å². The lowest BCUT2D eigenvalue weighted by Crippen LogP contribution is -2.43. The van der Waals surface area contributed by atoms with Crippen LogP contribution in [0.25, 0.3) is 10.8 Å². The van der Waals surface area contributed by atoms with Crippen LogP contribution in [-0.2, 0) is 0 Å². The van der Waals surface area contributed by atoms with Crippen molar-refractivity contribution < 1.29 is 9.18 Å². The average molecular weight is 394 g/mol. The molecule has 1 aliphatic rings. The van der Waals surface area contributed by atoms with Crippen LogP contribution in [0.3, 0.4) is 0 Å². The largest absolute Gasteiger partial charge is 0.365 e. The molecule has 2 atom stereocenters. The third-order valence-corrected chi connectivity index (χ3v) is 5.29. The van der Waals surface area contributed by atoms with Gasteiger partial charge < -0.3 is 22.1 Å². The molecule has 0 radical (unpaired) electrons. The third-order valence-electron chi connectivity index (χ3n) is 5.29. The molecule has 0 saturated heterocycles. The summed E-state index contributed by atoms with van der Waals surface area (Å²) in [7, 11) is 0. The van der Waals surface area contributed by atoms with Gasteiger partial charge in [-0.25, -0.2) is 9.37 Å². The van der Waals surface area contributed by atoms with Crippen LogP contribution in [0, 0.1) is 5.82 Å². The Labute approximate surface area is 167 Å². The first-order chi connectivity index (χ1) is 14.0. The number of fused-ring (bicyclic) bond motifs is 1. The molecule has 150 valence electrons. The summed E-state index contributed by atoms with van der Waals surface area (Å²) in [5.41, 5.74) is 12.3. The first-order valence-corrected chi connectivity index (χ1v) is 9.64. The van der Waals surface area contributed by atoms with E-state index in [2.05, 4.69) is 20.6 Å². The molecule has 0 spiro atoms. The molecule has 8 heteroatoms. The van der Waals surface area contributed by atoms with Crippen LogP contribution in [-0.4, -0.2) is 28.0 Å². The summed E-state index contributed by atoms with van der Waals surface area (Å²) in [6.45, 7) is 0. The van der Waals surface area contributed by atoms with E-state index < -0.39 is 11.7 Å². The highest BCUT2D eigenvalue weighted by Gasteiger charge is 2.24. The summed E-state index contributed by atoms with van der Waals surface area (Å²) in [6, 6.07) is 8.53. The molecule has 1 aromatic carbocycles. The van der Waals surface area contributed by atoms with Crippen LogP contribution >= 0.6 is 0 Å². The summed E-state index contributed by atoms with van der Waals surface area (Å²) in [5, 5.41) is 8.14. The van der Waals surface area contributed by atoms with Crippen LogP contribution in [0.5, 0.6) is 0 Å². The fraction of sp³-hybridized carbons (Fsp3) is 0.286. The van der Waals surface area contributed by atoms with Gasteiger partial charge >= 0.3 is 0 Å². The minimum Gasteiger partial charge on any atom is -0.365 e. The maximum absolute atomic E-state index is 14.6. The normalized spacial score (nSPS) is 19.1. The lowest BCUT2D eigenvalue weighted by Gasteiger charge is -2.30. The van der Waals surface area contributed by atoms with E-state index in [1.807, 2.05) is 24.3 Å². The number of amides is 1. The lowest BCUT2D eigenvalue weighted by atomic mass is 9.91. The Morgan fingerprint density at radius 3 is 2.72 bits per heavy atom. The van der Waals surface area contributed by atoms with Crippen molar-refractivity contribution in [3.05, 3.63) is 54.1 Å². The number of nitrogens with one attached hydrogen (secondary N) is 2.